The first-order valence-corrected chi connectivity index (χ1v) is 8.94. The Bertz CT molecular complexity index is 1000. The van der Waals surface area contributed by atoms with Gasteiger partial charge in [-0.2, -0.15) is 0 Å². The molecule has 1 aliphatic heterocycles. The first-order valence-electron chi connectivity index (χ1n) is 7.72. The van der Waals surface area contributed by atoms with E-state index in [4.69, 9.17) is 12.2 Å². The summed E-state index contributed by atoms with van der Waals surface area (Å²) in [4.78, 5) is 23.8. The third kappa shape index (κ3) is 3.31. The van der Waals surface area contributed by atoms with Crippen LogP contribution in [0.1, 0.15) is 11.3 Å². The molecule has 0 N–H and O–H groups in total. The van der Waals surface area contributed by atoms with Crippen molar-refractivity contribution in [2.24, 2.45) is 0 Å². The maximum absolute atomic E-state index is 12.7. The number of para-hydroxylation sites is 2. The Balaban J connectivity index is 1.60. The smallest absolute Gasteiger partial charge is 0.266 e. The number of nitrogens with zero attached hydrogens (tertiary/aromatic N) is 3. The van der Waals surface area contributed by atoms with Gasteiger partial charge in [0.05, 0.1) is 34.4 Å². The summed E-state index contributed by atoms with van der Waals surface area (Å²) >= 11 is 6.68. The number of rotatable bonds is 3. The molecular formula is C19H13N3OS2. The van der Waals surface area contributed by atoms with Crippen molar-refractivity contribution in [1.29, 1.82) is 0 Å². The maximum atomic E-state index is 12.7. The molecule has 4 rings (SSSR count). The van der Waals surface area contributed by atoms with Crippen LogP contribution >= 0.6 is 24.0 Å². The average molecular weight is 363 g/mol. The van der Waals surface area contributed by atoms with Gasteiger partial charge < -0.3 is 0 Å². The minimum absolute atomic E-state index is 0.0891. The van der Waals surface area contributed by atoms with E-state index in [9.17, 15) is 4.79 Å². The Labute approximate surface area is 154 Å². The molecule has 0 bridgehead atoms. The highest BCUT2D eigenvalue weighted by Crippen LogP contribution is 2.33. The fraction of sp³-hybridized carbons (Fsp3) is 0.0526. The van der Waals surface area contributed by atoms with Gasteiger partial charge in [-0.1, -0.05) is 66.4 Å². The van der Waals surface area contributed by atoms with Gasteiger partial charge in [0.15, 0.2) is 0 Å². The molecule has 0 aliphatic carbocycles. The zero-order chi connectivity index (χ0) is 17.2. The zero-order valence-electron chi connectivity index (χ0n) is 13.1. The van der Waals surface area contributed by atoms with E-state index in [0.29, 0.717) is 21.5 Å². The number of carbonyl (C=O) groups is 1. The Hall–Kier alpha value is -2.57. The lowest BCUT2D eigenvalue weighted by Crippen LogP contribution is -2.27. The standard InChI is InChI=1S/C19H13N3OS2/c23-18-17(10-14-11-20-15-8-4-5-9-16(15)21-14)25-19(24)22(18)12-13-6-2-1-3-7-13/h1-11H,12H2. The minimum atomic E-state index is -0.0891. The SMILES string of the molecule is O=C1C(=Cc2cnc3ccccc3n2)SC(=S)N1Cc1ccccc1. The van der Waals surface area contributed by atoms with Gasteiger partial charge in [0.2, 0.25) is 0 Å². The van der Waals surface area contributed by atoms with Crippen LogP contribution in [0.5, 0.6) is 0 Å². The number of thioether (sulfide) groups is 1. The molecule has 1 saturated heterocycles. The number of hydrogen-bond donors (Lipinski definition) is 0. The maximum Gasteiger partial charge on any atom is 0.266 e. The van der Waals surface area contributed by atoms with Crippen molar-refractivity contribution in [3.05, 3.63) is 77.0 Å². The number of thiocarbonyl (C=S) groups is 1. The highest BCUT2D eigenvalue weighted by molar-refractivity contribution is 8.26. The minimum Gasteiger partial charge on any atom is -0.288 e. The van der Waals surface area contributed by atoms with E-state index in [1.165, 1.54) is 11.8 Å². The monoisotopic (exact) mass is 363 g/mol. The lowest BCUT2D eigenvalue weighted by Gasteiger charge is -2.14. The van der Waals surface area contributed by atoms with Gasteiger partial charge in [0, 0.05) is 0 Å². The Morgan fingerprint density at radius 3 is 2.56 bits per heavy atom. The zero-order valence-corrected chi connectivity index (χ0v) is 14.8. The molecule has 1 aromatic heterocycles. The highest BCUT2D eigenvalue weighted by atomic mass is 32.2. The molecule has 1 fully saturated rings. The number of carbonyl (C=O) groups excluding carboxylic acids is 1. The molecule has 6 heteroatoms. The number of amides is 1. The molecule has 1 amide bonds. The fourth-order valence-electron chi connectivity index (χ4n) is 2.58. The Kier molecular flexibility index (Phi) is 4.29. The van der Waals surface area contributed by atoms with Gasteiger partial charge in [0.1, 0.15) is 4.32 Å². The molecule has 1 aliphatic rings. The van der Waals surface area contributed by atoms with Crippen LogP contribution in [0.4, 0.5) is 0 Å². The van der Waals surface area contributed by atoms with E-state index in [1.54, 1.807) is 17.2 Å². The van der Waals surface area contributed by atoms with Gasteiger partial charge in [-0.25, -0.2) is 4.98 Å². The number of benzene rings is 2. The molecule has 0 saturated carbocycles. The number of hydrogen-bond acceptors (Lipinski definition) is 5. The highest BCUT2D eigenvalue weighted by Gasteiger charge is 2.32. The molecule has 0 spiro atoms. The van der Waals surface area contributed by atoms with Crippen LogP contribution in [0.3, 0.4) is 0 Å². The average Bonchev–Trinajstić information content (AvgIpc) is 2.90. The number of fused-ring (bicyclic) bond motifs is 1. The topological polar surface area (TPSA) is 46.1 Å². The molecule has 0 radical (unpaired) electrons. The Morgan fingerprint density at radius 1 is 1.04 bits per heavy atom. The van der Waals surface area contributed by atoms with E-state index >= 15 is 0 Å². The molecule has 2 aromatic carbocycles. The summed E-state index contributed by atoms with van der Waals surface area (Å²) in [5, 5.41) is 0. The molecule has 4 nitrogen and oxygen atoms in total. The summed E-state index contributed by atoms with van der Waals surface area (Å²) < 4.78 is 0.564. The van der Waals surface area contributed by atoms with E-state index in [1.807, 2.05) is 54.6 Å². The van der Waals surface area contributed by atoms with Crippen LogP contribution in [-0.4, -0.2) is 25.1 Å². The van der Waals surface area contributed by atoms with Crippen LogP contribution in [0, 0.1) is 0 Å². The van der Waals surface area contributed by atoms with Crippen molar-refractivity contribution in [3.63, 3.8) is 0 Å². The van der Waals surface area contributed by atoms with Crippen LogP contribution in [0.2, 0.25) is 0 Å². The van der Waals surface area contributed by atoms with Gasteiger partial charge in [-0.3, -0.25) is 14.7 Å². The van der Waals surface area contributed by atoms with Crippen molar-refractivity contribution in [1.82, 2.24) is 14.9 Å². The second-order valence-corrected chi connectivity index (χ2v) is 7.21. The van der Waals surface area contributed by atoms with Crippen molar-refractivity contribution in [2.45, 2.75) is 6.54 Å². The van der Waals surface area contributed by atoms with Crippen molar-refractivity contribution < 1.29 is 4.79 Å². The molecule has 0 atom stereocenters. The van der Waals surface area contributed by atoms with E-state index in [2.05, 4.69) is 9.97 Å². The van der Waals surface area contributed by atoms with E-state index in [0.717, 1.165) is 16.6 Å². The number of aromatic nitrogens is 2. The third-order valence-electron chi connectivity index (χ3n) is 3.80. The van der Waals surface area contributed by atoms with Gasteiger partial charge in [-0.15, -0.1) is 0 Å². The lowest BCUT2D eigenvalue weighted by atomic mass is 10.2. The summed E-state index contributed by atoms with van der Waals surface area (Å²) in [6, 6.07) is 17.5. The molecule has 25 heavy (non-hydrogen) atoms. The molecular weight excluding hydrogens is 350 g/mol. The van der Waals surface area contributed by atoms with Gasteiger partial charge in [-0.05, 0) is 23.8 Å². The molecule has 2 heterocycles. The summed E-state index contributed by atoms with van der Waals surface area (Å²) in [7, 11) is 0. The summed E-state index contributed by atoms with van der Waals surface area (Å²) in [5.74, 6) is -0.0891. The van der Waals surface area contributed by atoms with Crippen molar-refractivity contribution in [2.75, 3.05) is 0 Å². The van der Waals surface area contributed by atoms with Crippen LogP contribution in [0.25, 0.3) is 17.1 Å². The quantitative estimate of drug-likeness (QED) is 0.519. The largest absolute Gasteiger partial charge is 0.288 e. The van der Waals surface area contributed by atoms with Crippen molar-refractivity contribution in [3.8, 4) is 0 Å². The first kappa shape index (κ1) is 15.9. The van der Waals surface area contributed by atoms with Gasteiger partial charge in [0.25, 0.3) is 5.91 Å². The molecule has 122 valence electrons. The predicted octanol–water partition coefficient (Wildman–Crippen LogP) is 4.03. The van der Waals surface area contributed by atoms with E-state index < -0.39 is 0 Å². The summed E-state index contributed by atoms with van der Waals surface area (Å²) in [6.07, 6.45) is 3.43. The first-order chi connectivity index (χ1) is 12.2. The molecule has 3 aromatic rings. The summed E-state index contributed by atoms with van der Waals surface area (Å²) in [5.41, 5.74) is 3.33. The van der Waals surface area contributed by atoms with Crippen LogP contribution in [-0.2, 0) is 11.3 Å². The summed E-state index contributed by atoms with van der Waals surface area (Å²) in [6.45, 7) is 0.478. The second-order valence-electron chi connectivity index (χ2n) is 5.54. The van der Waals surface area contributed by atoms with Crippen LogP contribution in [0.15, 0.2) is 65.7 Å². The van der Waals surface area contributed by atoms with Gasteiger partial charge >= 0.3 is 0 Å². The second kappa shape index (κ2) is 6.74. The van der Waals surface area contributed by atoms with Crippen LogP contribution < -0.4 is 0 Å². The molecule has 0 unspecified atom stereocenters. The fourth-order valence-corrected chi connectivity index (χ4v) is 3.82. The Morgan fingerprint density at radius 2 is 1.76 bits per heavy atom. The third-order valence-corrected chi connectivity index (χ3v) is 5.18. The lowest BCUT2D eigenvalue weighted by molar-refractivity contribution is -0.122. The normalized spacial score (nSPS) is 16.2. The van der Waals surface area contributed by atoms with E-state index in [-0.39, 0.29) is 5.91 Å². The van der Waals surface area contributed by atoms with Crippen molar-refractivity contribution >= 4 is 51.3 Å². The predicted molar refractivity (Wildman–Crippen MR) is 105 cm³/mol.